The standard InChI is InChI=1S/C11H21NO/c1-11(2)9(12)7-10(11)13-6-5-8-3-4-8/h8-10H,3-7,12H2,1-2H3. The summed E-state index contributed by atoms with van der Waals surface area (Å²) in [5, 5.41) is 0. The molecular weight excluding hydrogens is 162 g/mol. The Morgan fingerprint density at radius 3 is 2.54 bits per heavy atom. The number of nitrogens with two attached hydrogens (primary N) is 1. The summed E-state index contributed by atoms with van der Waals surface area (Å²) >= 11 is 0. The van der Waals surface area contributed by atoms with Gasteiger partial charge in [0.2, 0.25) is 0 Å². The third-order valence-electron chi connectivity index (χ3n) is 3.80. The number of ether oxygens (including phenoxy) is 1. The Morgan fingerprint density at radius 2 is 2.08 bits per heavy atom. The van der Waals surface area contributed by atoms with Gasteiger partial charge in [-0.3, -0.25) is 0 Å². The largest absolute Gasteiger partial charge is 0.378 e. The molecule has 0 bridgehead atoms. The monoisotopic (exact) mass is 183 g/mol. The van der Waals surface area contributed by atoms with E-state index in [9.17, 15) is 0 Å². The van der Waals surface area contributed by atoms with Crippen molar-refractivity contribution in [3.63, 3.8) is 0 Å². The van der Waals surface area contributed by atoms with Gasteiger partial charge in [-0.05, 0) is 18.8 Å². The predicted octanol–water partition coefficient (Wildman–Crippen LogP) is 1.93. The maximum Gasteiger partial charge on any atom is 0.0655 e. The Hall–Kier alpha value is -0.0800. The van der Waals surface area contributed by atoms with Crippen LogP contribution < -0.4 is 5.73 Å². The van der Waals surface area contributed by atoms with Crippen LogP contribution in [0.3, 0.4) is 0 Å². The SMILES string of the molecule is CC1(C)C(N)CC1OCCC1CC1. The fourth-order valence-corrected chi connectivity index (χ4v) is 1.98. The van der Waals surface area contributed by atoms with Crippen LogP contribution in [0.4, 0.5) is 0 Å². The third-order valence-corrected chi connectivity index (χ3v) is 3.80. The summed E-state index contributed by atoms with van der Waals surface area (Å²) in [6.45, 7) is 5.37. The van der Waals surface area contributed by atoms with Gasteiger partial charge in [-0.25, -0.2) is 0 Å². The molecule has 0 amide bonds. The lowest BCUT2D eigenvalue weighted by molar-refractivity contribution is -0.108. The topological polar surface area (TPSA) is 35.2 Å². The lowest BCUT2D eigenvalue weighted by Gasteiger charge is -2.49. The number of hydrogen-bond acceptors (Lipinski definition) is 2. The second-order valence-electron chi connectivity index (χ2n) is 5.26. The molecule has 2 unspecified atom stereocenters. The van der Waals surface area contributed by atoms with E-state index in [-0.39, 0.29) is 5.41 Å². The molecule has 0 saturated heterocycles. The van der Waals surface area contributed by atoms with E-state index in [0.29, 0.717) is 12.1 Å². The van der Waals surface area contributed by atoms with E-state index < -0.39 is 0 Å². The zero-order valence-electron chi connectivity index (χ0n) is 8.75. The van der Waals surface area contributed by atoms with Crippen LogP contribution >= 0.6 is 0 Å². The first-order chi connectivity index (χ1) is 6.10. The molecule has 0 radical (unpaired) electrons. The van der Waals surface area contributed by atoms with Gasteiger partial charge in [-0.1, -0.05) is 26.7 Å². The molecule has 2 N–H and O–H groups in total. The van der Waals surface area contributed by atoms with Crippen molar-refractivity contribution in [3.8, 4) is 0 Å². The highest BCUT2D eigenvalue weighted by atomic mass is 16.5. The fraction of sp³-hybridized carbons (Fsp3) is 1.00. The summed E-state index contributed by atoms with van der Waals surface area (Å²) in [5.41, 5.74) is 6.12. The van der Waals surface area contributed by atoms with Crippen LogP contribution in [-0.2, 0) is 4.74 Å². The minimum Gasteiger partial charge on any atom is -0.378 e. The van der Waals surface area contributed by atoms with Crippen molar-refractivity contribution < 1.29 is 4.74 Å². The first kappa shape index (κ1) is 9.47. The summed E-state index contributed by atoms with van der Waals surface area (Å²) in [7, 11) is 0. The molecule has 2 aliphatic rings. The highest BCUT2D eigenvalue weighted by molar-refractivity contribution is 5.00. The van der Waals surface area contributed by atoms with Crippen molar-refractivity contribution in [3.05, 3.63) is 0 Å². The molecule has 2 fully saturated rings. The van der Waals surface area contributed by atoms with E-state index in [2.05, 4.69) is 13.8 Å². The summed E-state index contributed by atoms with van der Waals surface area (Å²) in [6, 6.07) is 0.346. The van der Waals surface area contributed by atoms with Gasteiger partial charge in [0.1, 0.15) is 0 Å². The van der Waals surface area contributed by atoms with Crippen molar-refractivity contribution in [1.29, 1.82) is 0 Å². The number of rotatable bonds is 4. The molecule has 2 nitrogen and oxygen atoms in total. The Kier molecular flexibility index (Phi) is 2.37. The number of hydrogen-bond donors (Lipinski definition) is 1. The van der Waals surface area contributed by atoms with Crippen LogP contribution in [-0.4, -0.2) is 18.8 Å². The van der Waals surface area contributed by atoms with Gasteiger partial charge in [-0.2, -0.15) is 0 Å². The molecule has 2 atom stereocenters. The summed E-state index contributed by atoms with van der Waals surface area (Å²) < 4.78 is 5.83. The zero-order chi connectivity index (χ0) is 9.47. The van der Waals surface area contributed by atoms with Crippen LogP contribution in [0, 0.1) is 11.3 Å². The molecule has 0 aromatic rings. The van der Waals surface area contributed by atoms with E-state index >= 15 is 0 Å². The summed E-state index contributed by atoms with van der Waals surface area (Å²) in [4.78, 5) is 0. The highest BCUT2D eigenvalue weighted by Gasteiger charge is 2.46. The van der Waals surface area contributed by atoms with Crippen LogP contribution in [0.15, 0.2) is 0 Å². The van der Waals surface area contributed by atoms with Crippen molar-refractivity contribution in [1.82, 2.24) is 0 Å². The van der Waals surface area contributed by atoms with E-state index in [1.807, 2.05) is 0 Å². The van der Waals surface area contributed by atoms with E-state index in [1.165, 1.54) is 19.3 Å². The molecule has 13 heavy (non-hydrogen) atoms. The molecular formula is C11H21NO. The minimum absolute atomic E-state index is 0.212. The Balaban J connectivity index is 1.64. The van der Waals surface area contributed by atoms with Gasteiger partial charge in [0.15, 0.2) is 0 Å². The van der Waals surface area contributed by atoms with Gasteiger partial charge in [0.25, 0.3) is 0 Å². The first-order valence-corrected chi connectivity index (χ1v) is 5.48. The van der Waals surface area contributed by atoms with E-state index in [4.69, 9.17) is 10.5 Å². The molecule has 76 valence electrons. The maximum absolute atomic E-state index is 5.91. The molecule has 2 aliphatic carbocycles. The average Bonchev–Trinajstić information content (AvgIpc) is 2.87. The van der Waals surface area contributed by atoms with Gasteiger partial charge < -0.3 is 10.5 Å². The molecule has 2 heteroatoms. The third kappa shape index (κ3) is 1.89. The van der Waals surface area contributed by atoms with E-state index in [0.717, 1.165) is 18.9 Å². The quantitative estimate of drug-likeness (QED) is 0.722. The Morgan fingerprint density at radius 1 is 1.38 bits per heavy atom. The second-order valence-corrected chi connectivity index (χ2v) is 5.26. The Labute approximate surface area is 80.8 Å². The maximum atomic E-state index is 5.91. The first-order valence-electron chi connectivity index (χ1n) is 5.48. The lowest BCUT2D eigenvalue weighted by Crippen LogP contribution is -2.59. The smallest absolute Gasteiger partial charge is 0.0655 e. The summed E-state index contributed by atoms with van der Waals surface area (Å²) in [6.07, 6.45) is 5.59. The molecule has 2 saturated carbocycles. The van der Waals surface area contributed by atoms with Crippen molar-refractivity contribution in [2.45, 2.75) is 51.7 Å². The van der Waals surface area contributed by atoms with Crippen LogP contribution in [0.1, 0.15) is 39.5 Å². The zero-order valence-corrected chi connectivity index (χ0v) is 8.75. The lowest BCUT2D eigenvalue weighted by atomic mass is 9.65. The molecule has 0 aromatic carbocycles. The van der Waals surface area contributed by atoms with Crippen molar-refractivity contribution >= 4 is 0 Å². The van der Waals surface area contributed by atoms with Crippen LogP contribution in [0.25, 0.3) is 0 Å². The highest BCUT2D eigenvalue weighted by Crippen LogP contribution is 2.42. The van der Waals surface area contributed by atoms with Crippen LogP contribution in [0.5, 0.6) is 0 Å². The van der Waals surface area contributed by atoms with Crippen molar-refractivity contribution in [2.75, 3.05) is 6.61 Å². The van der Waals surface area contributed by atoms with E-state index in [1.54, 1.807) is 0 Å². The van der Waals surface area contributed by atoms with Crippen molar-refractivity contribution in [2.24, 2.45) is 17.1 Å². The van der Waals surface area contributed by atoms with Gasteiger partial charge in [0, 0.05) is 18.1 Å². The molecule has 0 spiro atoms. The predicted molar refractivity (Wildman–Crippen MR) is 53.5 cm³/mol. The van der Waals surface area contributed by atoms with Gasteiger partial charge in [0.05, 0.1) is 6.10 Å². The molecule has 0 aliphatic heterocycles. The normalized spacial score (nSPS) is 37.2. The van der Waals surface area contributed by atoms with Gasteiger partial charge >= 0.3 is 0 Å². The minimum atomic E-state index is 0.212. The molecule has 0 heterocycles. The average molecular weight is 183 g/mol. The molecule has 2 rings (SSSR count). The fourth-order valence-electron chi connectivity index (χ4n) is 1.98. The summed E-state index contributed by atoms with van der Waals surface area (Å²) in [5.74, 6) is 0.983. The van der Waals surface area contributed by atoms with Crippen LogP contribution in [0.2, 0.25) is 0 Å². The Bertz CT molecular complexity index is 187. The molecule has 0 aromatic heterocycles. The second kappa shape index (κ2) is 3.25. The van der Waals surface area contributed by atoms with Gasteiger partial charge in [-0.15, -0.1) is 0 Å².